The molecule has 1 saturated carbocycles. The first-order chi connectivity index (χ1) is 9.51. The molecule has 0 saturated heterocycles. The van der Waals surface area contributed by atoms with Crippen LogP contribution in [0.15, 0.2) is 18.2 Å². The summed E-state index contributed by atoms with van der Waals surface area (Å²) in [5.41, 5.74) is -0.275. The van der Waals surface area contributed by atoms with Gasteiger partial charge in [-0.05, 0) is 56.8 Å². The highest BCUT2D eigenvalue weighted by molar-refractivity contribution is 5.26. The average Bonchev–Trinajstić information content (AvgIpc) is 2.33. The van der Waals surface area contributed by atoms with E-state index >= 15 is 0 Å². The summed E-state index contributed by atoms with van der Waals surface area (Å²) >= 11 is 0. The third kappa shape index (κ3) is 3.92. The van der Waals surface area contributed by atoms with Crippen LogP contribution < -0.4 is 10.1 Å². The van der Waals surface area contributed by atoms with Crippen molar-refractivity contribution in [3.8, 4) is 5.75 Å². The lowest BCUT2D eigenvalue weighted by molar-refractivity contribution is -0.0173. The van der Waals surface area contributed by atoms with Gasteiger partial charge in [0.15, 0.2) is 11.6 Å². The standard InChI is InChI=1S/C16H23F2NO/c1-12(2)11-19-9-8-16(6-3-7-16)20-15-5-4-13(17)10-14(15)18/h4-5,10,12,19H,3,6-9,11H2,1-2H3. The molecule has 0 aromatic heterocycles. The van der Waals surface area contributed by atoms with Crippen molar-refractivity contribution >= 4 is 0 Å². The van der Waals surface area contributed by atoms with E-state index in [0.717, 1.165) is 44.8 Å². The van der Waals surface area contributed by atoms with E-state index in [4.69, 9.17) is 4.74 Å². The molecule has 0 unspecified atom stereocenters. The quantitative estimate of drug-likeness (QED) is 0.766. The van der Waals surface area contributed by atoms with Crippen LogP contribution in [-0.4, -0.2) is 18.7 Å². The lowest BCUT2D eigenvalue weighted by atomic mass is 9.77. The van der Waals surface area contributed by atoms with Crippen molar-refractivity contribution in [1.82, 2.24) is 5.32 Å². The van der Waals surface area contributed by atoms with Gasteiger partial charge in [0.2, 0.25) is 0 Å². The highest BCUT2D eigenvalue weighted by Crippen LogP contribution is 2.39. The molecule has 112 valence electrons. The van der Waals surface area contributed by atoms with Crippen molar-refractivity contribution in [2.75, 3.05) is 13.1 Å². The molecule has 2 rings (SSSR count). The van der Waals surface area contributed by atoms with E-state index in [1.165, 1.54) is 12.1 Å². The van der Waals surface area contributed by atoms with E-state index in [9.17, 15) is 8.78 Å². The largest absolute Gasteiger partial charge is 0.484 e. The van der Waals surface area contributed by atoms with Crippen molar-refractivity contribution in [2.45, 2.75) is 45.1 Å². The van der Waals surface area contributed by atoms with Gasteiger partial charge in [-0.15, -0.1) is 0 Å². The van der Waals surface area contributed by atoms with Crippen LogP contribution >= 0.6 is 0 Å². The van der Waals surface area contributed by atoms with Gasteiger partial charge in [0.05, 0.1) is 0 Å². The molecule has 0 heterocycles. The van der Waals surface area contributed by atoms with Gasteiger partial charge in [-0.1, -0.05) is 13.8 Å². The zero-order chi connectivity index (χ0) is 14.6. The second-order valence-corrected chi connectivity index (χ2v) is 6.06. The van der Waals surface area contributed by atoms with Crippen LogP contribution in [0.1, 0.15) is 39.5 Å². The molecular formula is C16H23F2NO. The van der Waals surface area contributed by atoms with Crippen LogP contribution in [-0.2, 0) is 0 Å². The first kappa shape index (κ1) is 15.2. The van der Waals surface area contributed by atoms with E-state index in [1.807, 2.05) is 0 Å². The van der Waals surface area contributed by atoms with Gasteiger partial charge >= 0.3 is 0 Å². The number of ether oxygens (including phenoxy) is 1. The van der Waals surface area contributed by atoms with Crippen LogP contribution in [0.2, 0.25) is 0 Å². The summed E-state index contributed by atoms with van der Waals surface area (Å²) in [6, 6.07) is 3.49. The van der Waals surface area contributed by atoms with Gasteiger partial charge in [0.1, 0.15) is 11.4 Å². The van der Waals surface area contributed by atoms with Crippen LogP contribution in [0.4, 0.5) is 8.78 Å². The molecule has 0 radical (unpaired) electrons. The third-order valence-electron chi connectivity index (χ3n) is 3.80. The fourth-order valence-corrected chi connectivity index (χ4v) is 2.47. The minimum Gasteiger partial charge on any atom is -0.484 e. The topological polar surface area (TPSA) is 21.3 Å². The monoisotopic (exact) mass is 283 g/mol. The van der Waals surface area contributed by atoms with E-state index < -0.39 is 11.6 Å². The van der Waals surface area contributed by atoms with Gasteiger partial charge < -0.3 is 10.1 Å². The highest BCUT2D eigenvalue weighted by Gasteiger charge is 2.39. The minimum absolute atomic E-state index is 0.162. The Labute approximate surface area is 119 Å². The molecule has 1 N–H and O–H groups in total. The first-order valence-corrected chi connectivity index (χ1v) is 7.35. The molecule has 0 aliphatic heterocycles. The Kier molecular flexibility index (Phi) is 4.97. The summed E-state index contributed by atoms with van der Waals surface area (Å²) in [7, 11) is 0. The van der Waals surface area contributed by atoms with Gasteiger partial charge in [0, 0.05) is 6.07 Å². The number of nitrogens with one attached hydrogen (secondary N) is 1. The number of hydrogen-bond donors (Lipinski definition) is 1. The molecule has 1 aromatic rings. The summed E-state index contributed by atoms with van der Waals surface area (Å²) in [4.78, 5) is 0. The fraction of sp³-hybridized carbons (Fsp3) is 0.625. The Hall–Kier alpha value is -1.16. The highest BCUT2D eigenvalue weighted by atomic mass is 19.1. The second-order valence-electron chi connectivity index (χ2n) is 6.06. The fourth-order valence-electron chi connectivity index (χ4n) is 2.47. The van der Waals surface area contributed by atoms with Crippen LogP contribution in [0.3, 0.4) is 0 Å². The lowest BCUT2D eigenvalue weighted by Gasteiger charge is -2.42. The molecule has 1 aliphatic rings. The van der Waals surface area contributed by atoms with Gasteiger partial charge in [-0.3, -0.25) is 0 Å². The molecule has 0 bridgehead atoms. The Morgan fingerprint density at radius 1 is 1.30 bits per heavy atom. The summed E-state index contributed by atoms with van der Waals surface area (Å²) in [6.07, 6.45) is 3.84. The van der Waals surface area contributed by atoms with Crippen molar-refractivity contribution in [3.63, 3.8) is 0 Å². The number of hydrogen-bond acceptors (Lipinski definition) is 2. The van der Waals surface area contributed by atoms with Crippen LogP contribution in [0.5, 0.6) is 5.75 Å². The zero-order valence-electron chi connectivity index (χ0n) is 12.2. The molecule has 0 atom stereocenters. The Balaban J connectivity index is 1.90. The Morgan fingerprint density at radius 3 is 2.60 bits per heavy atom. The predicted molar refractivity (Wildman–Crippen MR) is 75.9 cm³/mol. The number of benzene rings is 1. The van der Waals surface area contributed by atoms with E-state index in [0.29, 0.717) is 5.92 Å². The van der Waals surface area contributed by atoms with Gasteiger partial charge in [0.25, 0.3) is 0 Å². The molecular weight excluding hydrogens is 260 g/mol. The van der Waals surface area contributed by atoms with Gasteiger partial charge in [-0.25, -0.2) is 8.78 Å². The van der Waals surface area contributed by atoms with E-state index in [-0.39, 0.29) is 11.4 Å². The molecule has 1 aromatic carbocycles. The zero-order valence-corrected chi connectivity index (χ0v) is 12.2. The van der Waals surface area contributed by atoms with Crippen LogP contribution in [0, 0.1) is 17.6 Å². The molecule has 4 heteroatoms. The molecule has 1 aliphatic carbocycles. The number of rotatable bonds is 7. The summed E-state index contributed by atoms with van der Waals surface area (Å²) in [6.45, 7) is 6.16. The molecule has 0 spiro atoms. The van der Waals surface area contributed by atoms with E-state index in [1.54, 1.807) is 0 Å². The van der Waals surface area contributed by atoms with Crippen molar-refractivity contribution in [3.05, 3.63) is 29.8 Å². The molecule has 1 fully saturated rings. The normalized spacial score (nSPS) is 17.1. The van der Waals surface area contributed by atoms with Crippen LogP contribution in [0.25, 0.3) is 0 Å². The Bertz CT molecular complexity index is 444. The van der Waals surface area contributed by atoms with Crippen molar-refractivity contribution < 1.29 is 13.5 Å². The molecule has 20 heavy (non-hydrogen) atoms. The maximum Gasteiger partial charge on any atom is 0.168 e. The minimum atomic E-state index is -0.619. The second kappa shape index (κ2) is 6.53. The summed E-state index contributed by atoms with van der Waals surface area (Å²) in [5.74, 6) is -0.416. The summed E-state index contributed by atoms with van der Waals surface area (Å²) < 4.78 is 32.4. The Morgan fingerprint density at radius 2 is 2.05 bits per heavy atom. The smallest absolute Gasteiger partial charge is 0.168 e. The lowest BCUT2D eigenvalue weighted by Crippen LogP contribution is -2.45. The maximum absolute atomic E-state index is 13.7. The molecule has 2 nitrogen and oxygen atoms in total. The maximum atomic E-state index is 13.7. The summed E-state index contributed by atoms with van der Waals surface area (Å²) in [5, 5.41) is 3.38. The van der Waals surface area contributed by atoms with E-state index in [2.05, 4.69) is 19.2 Å². The average molecular weight is 283 g/mol. The third-order valence-corrected chi connectivity index (χ3v) is 3.80. The van der Waals surface area contributed by atoms with Crippen molar-refractivity contribution in [2.24, 2.45) is 5.92 Å². The van der Waals surface area contributed by atoms with Gasteiger partial charge in [-0.2, -0.15) is 0 Å². The number of halogens is 2. The SMILES string of the molecule is CC(C)CNCCC1(Oc2ccc(F)cc2F)CCC1. The first-order valence-electron chi connectivity index (χ1n) is 7.35. The van der Waals surface area contributed by atoms with Crippen molar-refractivity contribution in [1.29, 1.82) is 0 Å². The molecule has 0 amide bonds. The predicted octanol–water partition coefficient (Wildman–Crippen LogP) is 3.90.